The van der Waals surface area contributed by atoms with Gasteiger partial charge in [0.1, 0.15) is 10.2 Å². The van der Waals surface area contributed by atoms with Gasteiger partial charge in [0.25, 0.3) is 0 Å². The van der Waals surface area contributed by atoms with Crippen LogP contribution in [0.1, 0.15) is 15.9 Å². The van der Waals surface area contributed by atoms with Gasteiger partial charge in [-0.25, -0.2) is 4.39 Å². The van der Waals surface area contributed by atoms with Crippen molar-refractivity contribution in [2.24, 2.45) is 0 Å². The number of thiophene rings is 1. The van der Waals surface area contributed by atoms with Crippen LogP contribution in [0.4, 0.5) is 10.1 Å². The van der Waals surface area contributed by atoms with E-state index in [1.54, 1.807) is 0 Å². The zero-order valence-corrected chi connectivity index (χ0v) is 10.7. The van der Waals surface area contributed by atoms with Crippen molar-refractivity contribution in [2.45, 2.75) is 0 Å². The van der Waals surface area contributed by atoms with Crippen LogP contribution >= 0.6 is 34.5 Å². The Morgan fingerprint density at radius 2 is 1.94 bits per heavy atom. The molecule has 0 aliphatic heterocycles. The fourth-order valence-electron chi connectivity index (χ4n) is 1.38. The van der Waals surface area contributed by atoms with Crippen LogP contribution in [0.15, 0.2) is 24.3 Å². The van der Waals surface area contributed by atoms with Gasteiger partial charge in [-0.05, 0) is 24.3 Å². The van der Waals surface area contributed by atoms with Gasteiger partial charge in [-0.1, -0.05) is 23.2 Å². The molecule has 0 saturated carbocycles. The van der Waals surface area contributed by atoms with Crippen molar-refractivity contribution < 1.29 is 9.18 Å². The Hall–Kier alpha value is -1.10. The fraction of sp³-hybridized carbons (Fsp3) is 0. The Morgan fingerprint density at radius 1 is 1.24 bits per heavy atom. The van der Waals surface area contributed by atoms with Crippen molar-refractivity contribution in [1.82, 2.24) is 0 Å². The number of ketones is 1. The summed E-state index contributed by atoms with van der Waals surface area (Å²) < 4.78 is 13.6. The molecule has 0 amide bonds. The Labute approximate surface area is 111 Å². The predicted molar refractivity (Wildman–Crippen MR) is 68.6 cm³/mol. The average molecular weight is 290 g/mol. The van der Waals surface area contributed by atoms with Crippen LogP contribution in [0.3, 0.4) is 0 Å². The van der Waals surface area contributed by atoms with Crippen LogP contribution in [0, 0.1) is 5.82 Å². The van der Waals surface area contributed by atoms with Crippen LogP contribution in [0.25, 0.3) is 0 Å². The highest BCUT2D eigenvalue weighted by atomic mass is 35.5. The molecule has 2 rings (SSSR count). The van der Waals surface area contributed by atoms with Crippen LogP contribution in [0.5, 0.6) is 0 Å². The molecule has 0 aliphatic carbocycles. The monoisotopic (exact) mass is 289 g/mol. The molecule has 88 valence electrons. The van der Waals surface area contributed by atoms with Crippen molar-refractivity contribution in [2.75, 3.05) is 5.73 Å². The van der Waals surface area contributed by atoms with Crippen LogP contribution in [-0.4, -0.2) is 5.78 Å². The van der Waals surface area contributed by atoms with Crippen LogP contribution in [-0.2, 0) is 0 Å². The maximum Gasteiger partial charge on any atom is 0.197 e. The minimum absolute atomic E-state index is 0.0772. The smallest absolute Gasteiger partial charge is 0.197 e. The second-order valence-corrected chi connectivity index (χ2v) is 5.58. The van der Waals surface area contributed by atoms with Gasteiger partial charge in [0.05, 0.1) is 9.90 Å². The van der Waals surface area contributed by atoms with Crippen molar-refractivity contribution in [3.8, 4) is 0 Å². The van der Waals surface area contributed by atoms with Crippen molar-refractivity contribution in [3.63, 3.8) is 0 Å². The number of anilines is 1. The van der Waals surface area contributed by atoms with Gasteiger partial charge in [0.2, 0.25) is 0 Å². The topological polar surface area (TPSA) is 43.1 Å². The number of carbonyl (C=O) groups is 1. The molecule has 2 aromatic rings. The molecule has 0 atom stereocenters. The molecule has 2 N–H and O–H groups in total. The Morgan fingerprint density at radius 3 is 2.47 bits per heavy atom. The maximum atomic E-state index is 12.9. The zero-order chi connectivity index (χ0) is 12.6. The number of nitrogen functional groups attached to an aromatic ring is 1. The van der Waals surface area contributed by atoms with E-state index in [0.29, 0.717) is 8.67 Å². The van der Waals surface area contributed by atoms with E-state index in [9.17, 15) is 9.18 Å². The molecule has 0 fully saturated rings. The second-order valence-electron chi connectivity index (χ2n) is 3.30. The first-order valence-corrected chi connectivity index (χ1v) is 6.11. The van der Waals surface area contributed by atoms with Crippen LogP contribution in [0.2, 0.25) is 8.67 Å². The molecule has 6 heteroatoms. The van der Waals surface area contributed by atoms with Crippen molar-refractivity contribution in [3.05, 3.63) is 49.9 Å². The number of benzene rings is 1. The third-order valence-electron chi connectivity index (χ3n) is 2.16. The average Bonchev–Trinajstić information content (AvgIpc) is 2.57. The number of rotatable bonds is 2. The number of halogens is 3. The third-order valence-corrected chi connectivity index (χ3v) is 3.65. The first-order valence-electron chi connectivity index (χ1n) is 4.53. The minimum atomic E-state index is -0.492. The van der Waals surface area contributed by atoms with Gasteiger partial charge in [-0.2, -0.15) is 0 Å². The summed E-state index contributed by atoms with van der Waals surface area (Å²) in [6, 6.07) is 5.06. The summed E-state index contributed by atoms with van der Waals surface area (Å²) in [6.45, 7) is 0. The third kappa shape index (κ3) is 2.44. The summed E-state index contributed by atoms with van der Waals surface area (Å²) >= 11 is 12.7. The lowest BCUT2D eigenvalue weighted by Gasteiger charge is -2.03. The molecule has 1 aromatic carbocycles. The van der Waals surface area contributed by atoms with E-state index in [-0.39, 0.29) is 22.6 Å². The van der Waals surface area contributed by atoms with E-state index in [1.807, 2.05) is 0 Å². The molecule has 2 nitrogen and oxygen atoms in total. The van der Waals surface area contributed by atoms with Crippen molar-refractivity contribution >= 4 is 46.0 Å². The van der Waals surface area contributed by atoms with E-state index >= 15 is 0 Å². The van der Waals surface area contributed by atoms with Crippen LogP contribution < -0.4 is 5.73 Å². The largest absolute Gasteiger partial charge is 0.398 e. The summed E-state index contributed by atoms with van der Waals surface area (Å²) in [5, 5.41) is 0. The highest BCUT2D eigenvalue weighted by Crippen LogP contribution is 2.33. The molecule has 0 unspecified atom stereocenters. The molecule has 0 bridgehead atoms. The van der Waals surface area contributed by atoms with E-state index in [2.05, 4.69) is 0 Å². The highest BCUT2D eigenvalue weighted by Gasteiger charge is 2.18. The quantitative estimate of drug-likeness (QED) is 0.671. The Bertz CT molecular complexity index is 597. The van der Waals surface area contributed by atoms with Gasteiger partial charge in [0.15, 0.2) is 5.78 Å². The normalized spacial score (nSPS) is 10.5. The van der Waals surface area contributed by atoms with Gasteiger partial charge in [0, 0.05) is 11.3 Å². The van der Waals surface area contributed by atoms with Gasteiger partial charge in [-0.3, -0.25) is 4.79 Å². The molecular weight excluding hydrogens is 284 g/mol. The number of carbonyl (C=O) groups excluding carboxylic acids is 1. The summed E-state index contributed by atoms with van der Waals surface area (Å²) in [7, 11) is 0. The van der Waals surface area contributed by atoms with E-state index < -0.39 is 5.82 Å². The summed E-state index contributed by atoms with van der Waals surface area (Å²) in [6.07, 6.45) is 0. The maximum absolute atomic E-state index is 12.9. The standard InChI is InChI=1S/C11H6Cl2FNOS/c12-9-4-7(11(13)17-9)10(16)6-2-1-5(14)3-8(6)15/h1-4H,15H2. The summed E-state index contributed by atoms with van der Waals surface area (Å²) in [5.41, 5.74) is 6.15. The molecule has 17 heavy (non-hydrogen) atoms. The first kappa shape index (κ1) is 12.4. The lowest BCUT2D eigenvalue weighted by atomic mass is 10.0. The number of nitrogens with two attached hydrogens (primary N) is 1. The second kappa shape index (κ2) is 4.64. The van der Waals surface area contributed by atoms with Crippen molar-refractivity contribution in [1.29, 1.82) is 0 Å². The molecule has 0 saturated heterocycles. The Kier molecular flexibility index (Phi) is 3.38. The first-order chi connectivity index (χ1) is 7.99. The number of hydrogen-bond acceptors (Lipinski definition) is 3. The number of hydrogen-bond donors (Lipinski definition) is 1. The van der Waals surface area contributed by atoms with E-state index in [0.717, 1.165) is 17.4 Å². The highest BCUT2D eigenvalue weighted by molar-refractivity contribution is 7.20. The molecule has 0 spiro atoms. The molecular formula is C11H6Cl2FNOS. The van der Waals surface area contributed by atoms with Gasteiger partial charge < -0.3 is 5.73 Å². The summed E-state index contributed by atoms with van der Waals surface area (Å²) in [4.78, 5) is 12.1. The summed E-state index contributed by atoms with van der Waals surface area (Å²) in [5.74, 6) is -0.857. The minimum Gasteiger partial charge on any atom is -0.398 e. The lowest BCUT2D eigenvalue weighted by Crippen LogP contribution is -2.05. The molecule has 0 radical (unpaired) electrons. The SMILES string of the molecule is Nc1cc(F)ccc1C(=O)c1cc(Cl)sc1Cl. The Balaban J connectivity index is 2.47. The zero-order valence-electron chi connectivity index (χ0n) is 8.34. The molecule has 0 aliphatic rings. The molecule has 1 aromatic heterocycles. The van der Waals surface area contributed by atoms with Gasteiger partial charge in [-0.15, -0.1) is 11.3 Å². The van der Waals surface area contributed by atoms with Gasteiger partial charge >= 0.3 is 0 Å². The fourth-order valence-corrected chi connectivity index (χ4v) is 2.84. The molecule has 1 heterocycles. The van der Waals surface area contributed by atoms with E-state index in [4.69, 9.17) is 28.9 Å². The lowest BCUT2D eigenvalue weighted by molar-refractivity contribution is 0.104. The predicted octanol–water partition coefficient (Wildman–Crippen LogP) is 4.01. The van der Waals surface area contributed by atoms with E-state index in [1.165, 1.54) is 18.2 Å².